The van der Waals surface area contributed by atoms with E-state index in [-0.39, 0.29) is 0 Å². The number of pyridine rings is 2. The molecule has 0 saturated heterocycles. The topological polar surface area (TPSA) is 77.2 Å². The molecule has 3 aromatic heterocycles. The van der Waals surface area contributed by atoms with Crippen LogP contribution in [0.2, 0.25) is 5.02 Å². The Labute approximate surface area is 143 Å². The maximum Gasteiger partial charge on any atom is 0.413 e. The first kappa shape index (κ1) is 16.3. The molecule has 0 radical (unpaired) electrons. The Kier molecular flexibility index (Phi) is 4.15. The third kappa shape index (κ3) is 3.65. The first-order valence-corrected chi connectivity index (χ1v) is 7.69. The molecule has 6 nitrogen and oxygen atoms in total. The minimum absolute atomic E-state index is 0.380. The summed E-state index contributed by atoms with van der Waals surface area (Å²) in [7, 11) is 0. The smallest absolute Gasteiger partial charge is 0.413 e. The van der Waals surface area contributed by atoms with E-state index in [2.05, 4.69) is 15.3 Å². The van der Waals surface area contributed by atoms with E-state index in [1.165, 1.54) is 0 Å². The van der Waals surface area contributed by atoms with E-state index in [4.69, 9.17) is 20.8 Å². The predicted octanol–water partition coefficient (Wildman–Crippen LogP) is 4.89. The molecule has 0 aromatic carbocycles. The van der Waals surface area contributed by atoms with Gasteiger partial charge in [-0.1, -0.05) is 11.6 Å². The van der Waals surface area contributed by atoms with Crippen LogP contribution in [-0.4, -0.2) is 21.7 Å². The maximum atomic E-state index is 11.9. The third-order valence-corrected chi connectivity index (χ3v) is 3.28. The fraction of sp³-hybridized carbons (Fsp3) is 0.235. The lowest BCUT2D eigenvalue weighted by Crippen LogP contribution is -2.27. The number of aromatic nitrogens is 2. The highest BCUT2D eigenvalue weighted by Gasteiger charge is 2.17. The number of nitrogens with zero attached hydrogens (tertiary/aromatic N) is 2. The fourth-order valence-corrected chi connectivity index (χ4v) is 2.32. The third-order valence-electron chi connectivity index (χ3n) is 3.08. The van der Waals surface area contributed by atoms with Crippen LogP contribution in [0.15, 0.2) is 41.3 Å². The number of carbonyl (C=O) groups excluding carboxylic acids is 1. The van der Waals surface area contributed by atoms with Crippen LogP contribution in [0.4, 0.5) is 10.6 Å². The van der Waals surface area contributed by atoms with Crippen LogP contribution < -0.4 is 5.32 Å². The van der Waals surface area contributed by atoms with Crippen molar-refractivity contribution in [2.45, 2.75) is 26.4 Å². The van der Waals surface area contributed by atoms with Gasteiger partial charge >= 0.3 is 6.09 Å². The van der Waals surface area contributed by atoms with Gasteiger partial charge < -0.3 is 9.15 Å². The molecule has 1 N–H and O–H groups in total. The minimum Gasteiger partial charge on any atom is -0.462 e. The van der Waals surface area contributed by atoms with Gasteiger partial charge in [-0.05, 0) is 38.5 Å². The van der Waals surface area contributed by atoms with Crippen LogP contribution in [0.3, 0.4) is 0 Å². The fourth-order valence-electron chi connectivity index (χ4n) is 2.17. The van der Waals surface area contributed by atoms with Gasteiger partial charge in [-0.25, -0.2) is 9.78 Å². The second kappa shape index (κ2) is 6.13. The molecule has 7 heteroatoms. The summed E-state index contributed by atoms with van der Waals surface area (Å²) in [5, 5.41) is 3.12. The van der Waals surface area contributed by atoms with E-state index < -0.39 is 11.7 Å². The van der Waals surface area contributed by atoms with Gasteiger partial charge in [-0.2, -0.15) is 0 Å². The molecular weight excluding hydrogens is 330 g/mol. The van der Waals surface area contributed by atoms with Crippen molar-refractivity contribution in [1.82, 2.24) is 9.97 Å². The molecule has 0 unspecified atom stereocenters. The Hall–Kier alpha value is -2.60. The van der Waals surface area contributed by atoms with Gasteiger partial charge in [0.2, 0.25) is 0 Å². The van der Waals surface area contributed by atoms with Gasteiger partial charge in [-0.15, -0.1) is 0 Å². The van der Waals surface area contributed by atoms with Gasteiger partial charge in [0.05, 0.1) is 5.02 Å². The highest BCUT2D eigenvalue weighted by Crippen LogP contribution is 2.31. The van der Waals surface area contributed by atoms with Gasteiger partial charge in [-0.3, -0.25) is 10.3 Å². The molecule has 0 spiro atoms. The number of furan rings is 1. The Morgan fingerprint density at radius 2 is 2.08 bits per heavy atom. The molecule has 3 aromatic rings. The van der Waals surface area contributed by atoms with E-state index >= 15 is 0 Å². The first-order chi connectivity index (χ1) is 11.3. The van der Waals surface area contributed by atoms with Crippen molar-refractivity contribution in [3.63, 3.8) is 0 Å². The molecule has 24 heavy (non-hydrogen) atoms. The van der Waals surface area contributed by atoms with Gasteiger partial charge in [0.25, 0.3) is 0 Å². The molecule has 0 saturated carbocycles. The van der Waals surface area contributed by atoms with Crippen LogP contribution in [0.1, 0.15) is 20.8 Å². The summed E-state index contributed by atoms with van der Waals surface area (Å²) in [6.45, 7) is 5.39. The highest BCUT2D eigenvalue weighted by atomic mass is 35.5. The van der Waals surface area contributed by atoms with E-state index in [0.717, 1.165) is 11.1 Å². The Morgan fingerprint density at radius 1 is 1.29 bits per heavy atom. The SMILES string of the molecule is CC(C)(C)OC(=O)Nc1cc(-c2coc3cc(Cl)cnc23)ccn1. The lowest BCUT2D eigenvalue weighted by atomic mass is 10.1. The Morgan fingerprint density at radius 3 is 2.83 bits per heavy atom. The summed E-state index contributed by atoms with van der Waals surface area (Å²) < 4.78 is 10.7. The first-order valence-electron chi connectivity index (χ1n) is 7.31. The van der Waals surface area contributed by atoms with Gasteiger partial charge in [0, 0.05) is 24.0 Å². The van der Waals surface area contributed by atoms with Crippen molar-refractivity contribution in [2.24, 2.45) is 0 Å². The summed E-state index contributed by atoms with van der Waals surface area (Å²) in [6.07, 6.45) is 4.19. The van der Waals surface area contributed by atoms with Crippen molar-refractivity contribution < 1.29 is 13.9 Å². The van der Waals surface area contributed by atoms with E-state index in [1.807, 2.05) is 0 Å². The van der Waals surface area contributed by atoms with Crippen molar-refractivity contribution in [2.75, 3.05) is 5.32 Å². The summed E-state index contributed by atoms with van der Waals surface area (Å²) in [5.41, 5.74) is 2.30. The van der Waals surface area contributed by atoms with E-state index in [9.17, 15) is 4.79 Å². The number of rotatable bonds is 2. The zero-order valence-electron chi connectivity index (χ0n) is 13.5. The number of hydrogen-bond donors (Lipinski definition) is 1. The van der Waals surface area contributed by atoms with Crippen LogP contribution in [0.5, 0.6) is 0 Å². The molecule has 1 amide bonds. The maximum absolute atomic E-state index is 11.9. The number of nitrogens with one attached hydrogen (secondary N) is 1. The van der Waals surface area contributed by atoms with E-state index in [0.29, 0.717) is 21.9 Å². The Balaban J connectivity index is 1.88. The molecule has 0 atom stereocenters. The van der Waals surface area contributed by atoms with Gasteiger partial charge in [0.1, 0.15) is 23.2 Å². The molecule has 3 heterocycles. The van der Waals surface area contributed by atoms with Crippen molar-refractivity contribution in [1.29, 1.82) is 0 Å². The molecule has 0 fully saturated rings. The standard InChI is InChI=1S/C17H16ClN3O3/c1-17(2,3)24-16(22)21-14-6-10(4-5-19-14)12-9-23-13-7-11(18)8-20-15(12)13/h4-9H,1-3H3,(H,19,21,22). The van der Waals surface area contributed by atoms with E-state index in [1.54, 1.807) is 57.6 Å². The monoisotopic (exact) mass is 345 g/mol. The number of amides is 1. The quantitative estimate of drug-likeness (QED) is 0.715. The van der Waals surface area contributed by atoms with Crippen molar-refractivity contribution in [3.8, 4) is 11.1 Å². The zero-order valence-corrected chi connectivity index (χ0v) is 14.2. The molecular formula is C17H16ClN3O3. The minimum atomic E-state index is -0.578. The average Bonchev–Trinajstić information content (AvgIpc) is 2.88. The number of ether oxygens (including phenoxy) is 1. The molecule has 0 aliphatic heterocycles. The van der Waals surface area contributed by atoms with Gasteiger partial charge in [0.15, 0.2) is 5.58 Å². The number of fused-ring (bicyclic) bond motifs is 1. The lowest BCUT2D eigenvalue weighted by Gasteiger charge is -2.19. The Bertz CT molecular complexity index is 899. The van der Waals surface area contributed by atoms with Crippen LogP contribution in [0.25, 0.3) is 22.2 Å². The molecule has 124 valence electrons. The summed E-state index contributed by atoms with van der Waals surface area (Å²) in [5.74, 6) is 0.380. The number of halogens is 1. The van der Waals surface area contributed by atoms with Crippen molar-refractivity contribution >= 4 is 34.6 Å². The molecule has 0 bridgehead atoms. The van der Waals surface area contributed by atoms with Crippen LogP contribution in [-0.2, 0) is 4.74 Å². The summed E-state index contributed by atoms with van der Waals surface area (Å²) >= 11 is 5.92. The average molecular weight is 346 g/mol. The number of carbonyl (C=O) groups is 1. The predicted molar refractivity (Wildman–Crippen MR) is 92.1 cm³/mol. The van der Waals surface area contributed by atoms with Crippen LogP contribution in [0, 0.1) is 0 Å². The molecule has 3 rings (SSSR count). The zero-order chi connectivity index (χ0) is 17.3. The second-order valence-electron chi connectivity index (χ2n) is 6.21. The number of anilines is 1. The normalized spacial score (nSPS) is 11.5. The number of hydrogen-bond acceptors (Lipinski definition) is 5. The van der Waals surface area contributed by atoms with Crippen LogP contribution >= 0.6 is 11.6 Å². The lowest BCUT2D eigenvalue weighted by molar-refractivity contribution is 0.0635. The molecule has 0 aliphatic rings. The largest absolute Gasteiger partial charge is 0.462 e. The second-order valence-corrected chi connectivity index (χ2v) is 6.64. The summed E-state index contributed by atoms with van der Waals surface area (Å²) in [6, 6.07) is 5.24. The molecule has 0 aliphatic carbocycles. The van der Waals surface area contributed by atoms with Crippen molar-refractivity contribution in [3.05, 3.63) is 41.9 Å². The summed E-state index contributed by atoms with van der Waals surface area (Å²) in [4.78, 5) is 20.3. The highest BCUT2D eigenvalue weighted by molar-refractivity contribution is 6.31.